The van der Waals surface area contributed by atoms with Crippen LogP contribution in [0.15, 0.2) is 0 Å². The van der Waals surface area contributed by atoms with Crippen LogP contribution in [0.1, 0.15) is 0 Å². The standard InChI is InChI=1S/C4H16INSi3/c1-8(2)6(7-5)9(3)4/h8-9H,7H2,1-4H3. The van der Waals surface area contributed by atoms with Crippen LogP contribution in [0.25, 0.3) is 0 Å². The summed E-state index contributed by atoms with van der Waals surface area (Å²) in [5, 5.41) is 0. The molecule has 1 nitrogen and oxygen atoms in total. The van der Waals surface area contributed by atoms with Crippen LogP contribution in [-0.4, -0.2) is 29.0 Å². The number of rotatable bonds is 3. The Morgan fingerprint density at radius 1 is 1.11 bits per heavy atom. The van der Waals surface area contributed by atoms with Gasteiger partial charge in [0.05, 0.1) is 17.9 Å². The van der Waals surface area contributed by atoms with Crippen LogP contribution in [0.2, 0.25) is 26.2 Å². The van der Waals surface area contributed by atoms with E-state index in [1.807, 2.05) is 0 Å². The summed E-state index contributed by atoms with van der Waals surface area (Å²) in [6, 6.07) is 0. The fraction of sp³-hybridized carbons (Fsp3) is 1.00. The number of nitrogens with zero attached hydrogens (tertiary/aromatic N) is 1. The molecule has 56 valence electrons. The van der Waals surface area contributed by atoms with Gasteiger partial charge >= 0.3 is 0 Å². The first kappa shape index (κ1) is 10.3. The summed E-state index contributed by atoms with van der Waals surface area (Å²) in [7, 11) is -0.628. The molecule has 0 atom stereocenters. The number of halogens is 1. The topological polar surface area (TPSA) is 3.24 Å². The Morgan fingerprint density at radius 3 is 1.44 bits per heavy atom. The van der Waals surface area contributed by atoms with Crippen molar-refractivity contribution in [2.24, 2.45) is 0 Å². The molecular weight excluding hydrogens is 273 g/mol. The minimum atomic E-state index is -0.394. The fourth-order valence-electron chi connectivity index (χ4n) is 0.872. The van der Waals surface area contributed by atoms with Crippen molar-refractivity contribution in [1.29, 1.82) is 0 Å². The summed E-state index contributed by atoms with van der Waals surface area (Å²) in [5.41, 5.74) is 0. The first-order valence-electron chi connectivity index (χ1n) is 3.41. The molecule has 0 fully saturated rings. The van der Waals surface area contributed by atoms with Gasteiger partial charge in [0.2, 0.25) is 0 Å². The van der Waals surface area contributed by atoms with Gasteiger partial charge in [0.15, 0.2) is 7.18 Å². The van der Waals surface area contributed by atoms with Crippen molar-refractivity contribution in [2.75, 3.05) is 0 Å². The van der Waals surface area contributed by atoms with Crippen molar-refractivity contribution in [3.63, 3.8) is 0 Å². The Bertz CT molecular complexity index is 70.2. The van der Waals surface area contributed by atoms with E-state index in [9.17, 15) is 0 Å². The van der Waals surface area contributed by atoms with Gasteiger partial charge in [-0.15, -0.1) is 21.8 Å². The largest absolute Gasteiger partial charge is 0.370 e. The van der Waals surface area contributed by atoms with E-state index in [0.29, 0.717) is 0 Å². The minimum Gasteiger partial charge on any atom is -0.370 e. The number of hydrogen-bond acceptors (Lipinski definition) is 1. The Kier molecular flexibility index (Phi) is 5.81. The quantitative estimate of drug-likeness (QED) is 0.420. The summed E-state index contributed by atoms with van der Waals surface area (Å²) in [6.07, 6.45) is 0. The maximum atomic E-state index is 2.86. The summed E-state index contributed by atoms with van der Waals surface area (Å²) in [6.45, 7) is 9.77. The molecule has 0 aliphatic carbocycles. The van der Waals surface area contributed by atoms with Crippen LogP contribution in [0, 0.1) is 0 Å². The van der Waals surface area contributed by atoms with E-state index in [1.54, 1.807) is 0 Å². The lowest BCUT2D eigenvalue weighted by Crippen LogP contribution is -2.43. The van der Waals surface area contributed by atoms with Crippen molar-refractivity contribution in [1.82, 2.24) is 3.90 Å². The van der Waals surface area contributed by atoms with Crippen molar-refractivity contribution >= 4 is 46.9 Å². The molecule has 5 heteroatoms. The van der Waals surface area contributed by atoms with Gasteiger partial charge in [-0.3, -0.25) is 0 Å². The zero-order chi connectivity index (χ0) is 7.44. The Hall–Kier alpha value is 1.34. The fourth-order valence-corrected chi connectivity index (χ4v) is 22.0. The highest BCUT2D eigenvalue weighted by Gasteiger charge is 2.12. The molecule has 0 aromatic rings. The molecule has 0 aliphatic rings. The van der Waals surface area contributed by atoms with Gasteiger partial charge in [-0.2, -0.15) is 0 Å². The van der Waals surface area contributed by atoms with E-state index >= 15 is 0 Å². The average Bonchev–Trinajstić information content (AvgIpc) is 1.64. The molecule has 0 spiro atoms. The van der Waals surface area contributed by atoms with Crippen molar-refractivity contribution < 1.29 is 0 Å². The summed E-state index contributed by atoms with van der Waals surface area (Å²) < 4.78 is 2.86. The maximum absolute atomic E-state index is 2.86. The van der Waals surface area contributed by atoms with Crippen LogP contribution < -0.4 is 0 Å². The van der Waals surface area contributed by atoms with Gasteiger partial charge in [0.1, 0.15) is 0 Å². The molecule has 0 unspecified atom stereocenters. The van der Waals surface area contributed by atoms with Crippen LogP contribution in [0.3, 0.4) is 0 Å². The molecule has 0 saturated carbocycles. The van der Waals surface area contributed by atoms with Gasteiger partial charge in [0, 0.05) is 0 Å². The van der Waals surface area contributed by atoms with Crippen LogP contribution in [0.5, 0.6) is 0 Å². The molecule has 0 rings (SSSR count). The molecule has 0 N–H and O–H groups in total. The van der Waals surface area contributed by atoms with E-state index in [2.05, 4.69) is 51.9 Å². The van der Waals surface area contributed by atoms with E-state index in [1.165, 1.54) is 0 Å². The Morgan fingerprint density at radius 2 is 1.44 bits per heavy atom. The highest BCUT2D eigenvalue weighted by Crippen LogP contribution is 1.99. The molecule has 0 radical (unpaired) electrons. The SMILES string of the molecule is C[SiH](C)N([SiH2]I)[SiH](C)C. The number of hydrogen-bond donors (Lipinski definition) is 0. The molecule has 0 amide bonds. The van der Waals surface area contributed by atoms with Gasteiger partial charge in [-0.25, -0.2) is 0 Å². The van der Waals surface area contributed by atoms with Crippen molar-refractivity contribution in [2.45, 2.75) is 26.2 Å². The third-order valence-corrected chi connectivity index (χ3v) is 20.3. The first-order valence-corrected chi connectivity index (χ1v) is 14.8. The third kappa shape index (κ3) is 3.91. The lowest BCUT2D eigenvalue weighted by atomic mass is 11.9. The van der Waals surface area contributed by atoms with Crippen LogP contribution in [0.4, 0.5) is 0 Å². The van der Waals surface area contributed by atoms with E-state index in [4.69, 9.17) is 0 Å². The third-order valence-electron chi connectivity index (χ3n) is 1.46. The predicted octanol–water partition coefficient (Wildman–Crippen LogP) is 0.689. The second-order valence-electron chi connectivity index (χ2n) is 2.82. The molecular formula is C4H16INSi3. The zero-order valence-electron chi connectivity index (χ0n) is 6.69. The van der Waals surface area contributed by atoms with E-state index < -0.39 is 17.9 Å². The summed E-state index contributed by atoms with van der Waals surface area (Å²) in [5.74, 6) is 0. The zero-order valence-corrected chi connectivity index (χ0v) is 12.6. The highest BCUT2D eigenvalue weighted by molar-refractivity contribution is 14.1. The van der Waals surface area contributed by atoms with Crippen molar-refractivity contribution in [3.05, 3.63) is 0 Å². The van der Waals surface area contributed by atoms with Crippen LogP contribution in [-0.2, 0) is 0 Å². The second-order valence-corrected chi connectivity index (χ2v) is 13.6. The second kappa shape index (κ2) is 5.05. The van der Waals surface area contributed by atoms with Crippen LogP contribution >= 0.6 is 21.8 Å². The molecule has 9 heavy (non-hydrogen) atoms. The summed E-state index contributed by atoms with van der Waals surface area (Å²) in [4.78, 5) is 0. The average molecular weight is 289 g/mol. The molecule has 0 aromatic carbocycles. The predicted molar refractivity (Wildman–Crippen MR) is 62.2 cm³/mol. The maximum Gasteiger partial charge on any atom is 0.152 e. The van der Waals surface area contributed by atoms with E-state index in [-0.39, 0.29) is 7.18 Å². The highest BCUT2D eigenvalue weighted by atomic mass is 127. The van der Waals surface area contributed by atoms with Gasteiger partial charge in [0.25, 0.3) is 0 Å². The molecule has 0 aliphatic heterocycles. The smallest absolute Gasteiger partial charge is 0.152 e. The normalized spacial score (nSPS) is 13.3. The first-order chi connectivity index (χ1) is 4.09. The van der Waals surface area contributed by atoms with E-state index in [0.717, 1.165) is 0 Å². The van der Waals surface area contributed by atoms with Gasteiger partial charge in [-0.05, 0) is 0 Å². The Labute approximate surface area is 76.7 Å². The van der Waals surface area contributed by atoms with Crippen molar-refractivity contribution in [3.8, 4) is 0 Å². The molecule has 0 bridgehead atoms. The Balaban J connectivity index is 3.68. The molecule has 0 aromatic heterocycles. The monoisotopic (exact) mass is 289 g/mol. The van der Waals surface area contributed by atoms with Gasteiger partial charge < -0.3 is 3.90 Å². The lowest BCUT2D eigenvalue weighted by molar-refractivity contribution is 1.05. The summed E-state index contributed by atoms with van der Waals surface area (Å²) >= 11 is 2.61. The molecule has 0 saturated heterocycles. The van der Waals surface area contributed by atoms with Gasteiger partial charge in [-0.1, -0.05) is 26.2 Å². The minimum absolute atomic E-state index is 0.160. The molecule has 0 heterocycles. The lowest BCUT2D eigenvalue weighted by Gasteiger charge is -2.26.